The lowest BCUT2D eigenvalue weighted by atomic mass is 9.97. The van der Waals surface area contributed by atoms with Crippen molar-refractivity contribution in [3.05, 3.63) is 47.6 Å². The zero-order chi connectivity index (χ0) is 16.9. The van der Waals surface area contributed by atoms with Crippen LogP contribution in [0, 0.1) is 5.92 Å². The first-order valence-corrected chi connectivity index (χ1v) is 8.47. The molecule has 1 N–H and O–H groups in total. The van der Waals surface area contributed by atoms with E-state index >= 15 is 0 Å². The van der Waals surface area contributed by atoms with Gasteiger partial charge in [0.2, 0.25) is 5.89 Å². The van der Waals surface area contributed by atoms with Gasteiger partial charge in [0.05, 0.1) is 18.8 Å². The molecule has 1 aliphatic rings. The molecule has 3 rings (SSSR count). The Morgan fingerprint density at radius 1 is 1.29 bits per heavy atom. The van der Waals surface area contributed by atoms with Gasteiger partial charge in [-0.3, -0.25) is 4.90 Å². The number of aliphatic hydroxyl groups excluding tert-OH is 1. The molecule has 24 heavy (non-hydrogen) atoms. The molecule has 0 spiro atoms. The van der Waals surface area contributed by atoms with E-state index in [1.165, 1.54) is 5.56 Å². The van der Waals surface area contributed by atoms with Crippen LogP contribution in [-0.2, 0) is 24.3 Å². The van der Waals surface area contributed by atoms with Crippen molar-refractivity contribution in [2.24, 2.45) is 5.92 Å². The Bertz CT molecular complexity index is 629. The first-order chi connectivity index (χ1) is 11.6. The highest BCUT2D eigenvalue weighted by Crippen LogP contribution is 2.22. The largest absolute Gasteiger partial charge is 0.391 e. The Balaban J connectivity index is 1.51. The van der Waals surface area contributed by atoms with Gasteiger partial charge >= 0.3 is 0 Å². The maximum atomic E-state index is 10.3. The minimum Gasteiger partial charge on any atom is -0.391 e. The van der Waals surface area contributed by atoms with Gasteiger partial charge in [-0.05, 0) is 25.8 Å². The fourth-order valence-corrected chi connectivity index (χ4v) is 3.03. The summed E-state index contributed by atoms with van der Waals surface area (Å²) in [6, 6.07) is 10.3. The summed E-state index contributed by atoms with van der Waals surface area (Å²) in [6.07, 6.45) is 0.701. The van der Waals surface area contributed by atoms with Crippen molar-refractivity contribution in [3.8, 4) is 0 Å². The van der Waals surface area contributed by atoms with E-state index in [2.05, 4.69) is 27.2 Å². The molecule has 0 amide bonds. The highest BCUT2D eigenvalue weighted by atomic mass is 16.5. The third-order valence-electron chi connectivity index (χ3n) is 4.24. The summed E-state index contributed by atoms with van der Waals surface area (Å²) in [4.78, 5) is 6.52. The van der Waals surface area contributed by atoms with Gasteiger partial charge in [-0.25, -0.2) is 0 Å². The molecule has 1 aliphatic heterocycles. The summed E-state index contributed by atoms with van der Waals surface area (Å²) in [7, 11) is 0. The topological polar surface area (TPSA) is 71.6 Å². The van der Waals surface area contributed by atoms with Crippen LogP contribution < -0.4 is 0 Å². The number of β-amino-alcohol motifs (C(OH)–C–C–N with tert-alkyl or cyclic N) is 1. The molecular weight excluding hydrogens is 306 g/mol. The number of benzene rings is 1. The SMILES string of the molecule is CC(C)OCc1noc(CN2C[C@@H](Cc3ccccc3)[C@H](O)C2)n1. The molecule has 0 aliphatic carbocycles. The molecule has 1 aromatic heterocycles. The summed E-state index contributed by atoms with van der Waals surface area (Å²) in [5.41, 5.74) is 1.26. The van der Waals surface area contributed by atoms with Gasteiger partial charge in [0.25, 0.3) is 0 Å². The molecule has 130 valence electrons. The highest BCUT2D eigenvalue weighted by Gasteiger charge is 2.32. The Hall–Kier alpha value is -1.76. The maximum absolute atomic E-state index is 10.3. The molecule has 2 atom stereocenters. The number of aromatic nitrogens is 2. The predicted molar refractivity (Wildman–Crippen MR) is 89.1 cm³/mol. The smallest absolute Gasteiger partial charge is 0.240 e. The predicted octanol–water partition coefficient (Wildman–Crippen LogP) is 2.03. The lowest BCUT2D eigenvalue weighted by molar-refractivity contribution is 0.0601. The van der Waals surface area contributed by atoms with Crippen LogP contribution in [0.15, 0.2) is 34.9 Å². The number of ether oxygens (including phenoxy) is 1. The molecule has 1 saturated heterocycles. The molecule has 2 aromatic rings. The number of hydrogen-bond acceptors (Lipinski definition) is 6. The molecule has 0 radical (unpaired) electrons. The minimum atomic E-state index is -0.322. The molecule has 1 aromatic carbocycles. The maximum Gasteiger partial charge on any atom is 0.240 e. The van der Waals surface area contributed by atoms with Gasteiger partial charge in [0.1, 0.15) is 6.61 Å². The van der Waals surface area contributed by atoms with E-state index in [-0.39, 0.29) is 18.1 Å². The van der Waals surface area contributed by atoms with Crippen molar-refractivity contribution in [1.29, 1.82) is 0 Å². The van der Waals surface area contributed by atoms with Gasteiger partial charge in [-0.2, -0.15) is 4.98 Å². The molecule has 6 heteroatoms. The van der Waals surface area contributed by atoms with Crippen LogP contribution in [0.5, 0.6) is 0 Å². The van der Waals surface area contributed by atoms with Crippen molar-refractivity contribution in [2.75, 3.05) is 13.1 Å². The summed E-state index contributed by atoms with van der Waals surface area (Å²) in [5, 5.41) is 14.3. The summed E-state index contributed by atoms with van der Waals surface area (Å²) < 4.78 is 10.8. The van der Waals surface area contributed by atoms with Crippen LogP contribution in [0.2, 0.25) is 0 Å². The third kappa shape index (κ3) is 4.63. The van der Waals surface area contributed by atoms with Crippen molar-refractivity contribution in [1.82, 2.24) is 15.0 Å². The van der Waals surface area contributed by atoms with Crippen LogP contribution in [0.3, 0.4) is 0 Å². The second-order valence-electron chi connectivity index (χ2n) is 6.68. The number of aliphatic hydroxyl groups is 1. The fraction of sp³-hybridized carbons (Fsp3) is 0.556. The van der Waals surface area contributed by atoms with E-state index < -0.39 is 0 Å². The normalized spacial score (nSPS) is 21.7. The van der Waals surface area contributed by atoms with Crippen molar-refractivity contribution in [3.63, 3.8) is 0 Å². The molecule has 6 nitrogen and oxygen atoms in total. The van der Waals surface area contributed by atoms with Crippen molar-refractivity contribution >= 4 is 0 Å². The standard InChI is InChI=1S/C18H25N3O3/c1-13(2)23-12-17-19-18(24-20-17)11-21-9-15(16(22)10-21)8-14-6-4-3-5-7-14/h3-7,13,15-16,22H,8-12H2,1-2H3/t15-,16-/m1/s1. The third-order valence-corrected chi connectivity index (χ3v) is 4.24. The second kappa shape index (κ2) is 7.88. The van der Waals surface area contributed by atoms with Gasteiger partial charge in [0, 0.05) is 19.0 Å². The van der Waals surface area contributed by atoms with E-state index in [4.69, 9.17) is 9.26 Å². The van der Waals surface area contributed by atoms with Gasteiger partial charge in [-0.1, -0.05) is 35.5 Å². The first-order valence-electron chi connectivity index (χ1n) is 8.47. The molecule has 0 unspecified atom stereocenters. The van der Waals surface area contributed by atoms with E-state index in [1.54, 1.807) is 0 Å². The van der Waals surface area contributed by atoms with E-state index in [0.29, 0.717) is 31.4 Å². The zero-order valence-corrected chi connectivity index (χ0v) is 14.3. The van der Waals surface area contributed by atoms with Crippen LogP contribution in [0.1, 0.15) is 31.1 Å². The summed E-state index contributed by atoms with van der Waals surface area (Å²) >= 11 is 0. The first kappa shape index (κ1) is 17.1. The number of likely N-dealkylation sites (tertiary alicyclic amines) is 1. The van der Waals surface area contributed by atoms with Crippen molar-refractivity contribution < 1.29 is 14.4 Å². The monoisotopic (exact) mass is 331 g/mol. The number of hydrogen-bond donors (Lipinski definition) is 1. The van der Waals surface area contributed by atoms with E-state index in [0.717, 1.165) is 13.0 Å². The molecule has 0 saturated carbocycles. The number of rotatable bonds is 7. The highest BCUT2D eigenvalue weighted by molar-refractivity contribution is 5.16. The van der Waals surface area contributed by atoms with E-state index in [1.807, 2.05) is 32.0 Å². The van der Waals surface area contributed by atoms with Crippen molar-refractivity contribution in [2.45, 2.75) is 45.6 Å². The molecular formula is C18H25N3O3. The molecule has 0 bridgehead atoms. The lowest BCUT2D eigenvalue weighted by Gasteiger charge is -2.13. The Labute approximate surface area is 142 Å². The average Bonchev–Trinajstić information content (AvgIpc) is 3.14. The average molecular weight is 331 g/mol. The van der Waals surface area contributed by atoms with Crippen LogP contribution >= 0.6 is 0 Å². The van der Waals surface area contributed by atoms with Crippen LogP contribution in [-0.4, -0.2) is 45.4 Å². The Kier molecular flexibility index (Phi) is 5.60. The minimum absolute atomic E-state index is 0.138. The van der Waals surface area contributed by atoms with E-state index in [9.17, 15) is 5.11 Å². The van der Waals surface area contributed by atoms with Gasteiger partial charge < -0.3 is 14.4 Å². The van der Waals surface area contributed by atoms with Gasteiger partial charge in [0.15, 0.2) is 5.82 Å². The summed E-state index contributed by atoms with van der Waals surface area (Å²) in [5.74, 6) is 1.38. The molecule has 2 heterocycles. The van der Waals surface area contributed by atoms with Crippen LogP contribution in [0.25, 0.3) is 0 Å². The lowest BCUT2D eigenvalue weighted by Crippen LogP contribution is -2.21. The Morgan fingerprint density at radius 2 is 2.08 bits per heavy atom. The Morgan fingerprint density at radius 3 is 2.83 bits per heavy atom. The second-order valence-corrected chi connectivity index (χ2v) is 6.68. The zero-order valence-electron chi connectivity index (χ0n) is 14.3. The van der Waals surface area contributed by atoms with Gasteiger partial charge in [-0.15, -0.1) is 0 Å². The molecule has 1 fully saturated rings. The van der Waals surface area contributed by atoms with Crippen LogP contribution in [0.4, 0.5) is 0 Å². The summed E-state index contributed by atoms with van der Waals surface area (Å²) in [6.45, 7) is 6.34. The number of nitrogens with zero attached hydrogens (tertiary/aromatic N) is 3. The quantitative estimate of drug-likeness (QED) is 0.837. The fourth-order valence-electron chi connectivity index (χ4n) is 3.03.